The summed E-state index contributed by atoms with van der Waals surface area (Å²) in [7, 11) is 0. The average molecular weight is 294 g/mol. The molecule has 0 bridgehead atoms. The van der Waals surface area contributed by atoms with E-state index in [-0.39, 0.29) is 18.3 Å². The molecule has 0 aromatic rings. The second-order valence-corrected chi connectivity index (χ2v) is 6.43. The highest BCUT2D eigenvalue weighted by Crippen LogP contribution is 2.35. The zero-order chi connectivity index (χ0) is 15.2. The first kappa shape index (κ1) is 17.8. The maximum Gasteiger partial charge on any atom is 0.391 e. The van der Waals surface area contributed by atoms with E-state index in [9.17, 15) is 13.2 Å². The van der Waals surface area contributed by atoms with Crippen molar-refractivity contribution in [3.63, 3.8) is 0 Å². The molecule has 0 amide bonds. The largest absolute Gasteiger partial charge is 0.391 e. The molecule has 2 nitrogen and oxygen atoms in total. The van der Waals surface area contributed by atoms with Crippen LogP contribution in [0.2, 0.25) is 0 Å². The fraction of sp³-hybridized carbons (Fsp3) is 1.00. The third-order valence-electron chi connectivity index (χ3n) is 4.31. The first-order valence-corrected chi connectivity index (χ1v) is 7.80. The number of nitrogens with zero attached hydrogens (tertiary/aromatic N) is 1. The van der Waals surface area contributed by atoms with E-state index in [0.29, 0.717) is 13.1 Å². The van der Waals surface area contributed by atoms with Crippen LogP contribution in [0.5, 0.6) is 0 Å². The summed E-state index contributed by atoms with van der Waals surface area (Å²) in [6.45, 7) is 10.4. The van der Waals surface area contributed by atoms with E-state index < -0.39 is 12.1 Å². The van der Waals surface area contributed by atoms with Crippen LogP contribution in [0.15, 0.2) is 0 Å². The summed E-state index contributed by atoms with van der Waals surface area (Å²) in [4.78, 5) is 2.22. The molecule has 1 fully saturated rings. The Morgan fingerprint density at radius 3 is 2.20 bits per heavy atom. The van der Waals surface area contributed by atoms with Crippen molar-refractivity contribution in [3.8, 4) is 0 Å². The third-order valence-corrected chi connectivity index (χ3v) is 4.31. The molecule has 1 N–H and O–H groups in total. The highest BCUT2D eigenvalue weighted by Gasteiger charge is 2.41. The van der Waals surface area contributed by atoms with Crippen molar-refractivity contribution < 1.29 is 13.2 Å². The minimum absolute atomic E-state index is 0.163. The Labute approximate surface area is 121 Å². The van der Waals surface area contributed by atoms with Crippen molar-refractivity contribution in [1.82, 2.24) is 10.2 Å². The lowest BCUT2D eigenvalue weighted by molar-refractivity contribution is -0.185. The Bertz CT molecular complexity index is 273. The molecule has 120 valence electrons. The van der Waals surface area contributed by atoms with Crippen molar-refractivity contribution in [3.05, 3.63) is 0 Å². The molecule has 20 heavy (non-hydrogen) atoms. The topological polar surface area (TPSA) is 15.3 Å². The van der Waals surface area contributed by atoms with Crippen LogP contribution in [0.4, 0.5) is 13.2 Å². The fourth-order valence-electron chi connectivity index (χ4n) is 3.21. The monoisotopic (exact) mass is 294 g/mol. The van der Waals surface area contributed by atoms with Crippen LogP contribution < -0.4 is 5.32 Å². The highest BCUT2D eigenvalue weighted by molar-refractivity contribution is 4.84. The second-order valence-electron chi connectivity index (χ2n) is 6.43. The molecular weight excluding hydrogens is 265 g/mol. The van der Waals surface area contributed by atoms with Gasteiger partial charge < -0.3 is 10.2 Å². The first-order chi connectivity index (χ1) is 9.30. The molecule has 1 aliphatic rings. The normalized spacial score (nSPS) is 21.9. The van der Waals surface area contributed by atoms with E-state index in [1.54, 1.807) is 0 Å². The molecule has 1 rings (SSSR count). The number of rotatable bonds is 7. The van der Waals surface area contributed by atoms with E-state index in [0.717, 1.165) is 32.5 Å². The van der Waals surface area contributed by atoms with Gasteiger partial charge in [-0.1, -0.05) is 27.2 Å². The van der Waals surface area contributed by atoms with E-state index in [1.165, 1.54) is 0 Å². The summed E-state index contributed by atoms with van der Waals surface area (Å²) >= 11 is 0. The summed E-state index contributed by atoms with van der Waals surface area (Å²) in [5.74, 6) is -1.09. The molecular formula is C15H29F3N2. The van der Waals surface area contributed by atoms with Gasteiger partial charge in [0.05, 0.1) is 5.92 Å². The molecule has 0 radical (unpaired) electrons. The van der Waals surface area contributed by atoms with Gasteiger partial charge in [0.25, 0.3) is 0 Å². The lowest BCUT2D eigenvalue weighted by Crippen LogP contribution is -2.46. The van der Waals surface area contributed by atoms with Crippen molar-refractivity contribution in [2.75, 3.05) is 32.7 Å². The summed E-state index contributed by atoms with van der Waals surface area (Å²) in [6.07, 6.45) is -1.28. The molecule has 1 unspecified atom stereocenters. The number of hydrogen-bond acceptors (Lipinski definition) is 2. The summed E-state index contributed by atoms with van der Waals surface area (Å²) < 4.78 is 38.0. The molecule has 0 aliphatic carbocycles. The Morgan fingerprint density at radius 1 is 1.15 bits per heavy atom. The van der Waals surface area contributed by atoms with E-state index in [2.05, 4.69) is 31.0 Å². The van der Waals surface area contributed by atoms with Crippen LogP contribution in [0.3, 0.4) is 0 Å². The molecule has 5 heteroatoms. The Hall–Kier alpha value is -0.290. The van der Waals surface area contributed by atoms with Crippen LogP contribution >= 0.6 is 0 Å². The van der Waals surface area contributed by atoms with Gasteiger partial charge in [0, 0.05) is 13.1 Å². The molecule has 1 atom stereocenters. The Morgan fingerprint density at radius 2 is 1.75 bits per heavy atom. The van der Waals surface area contributed by atoms with Gasteiger partial charge in [-0.3, -0.25) is 0 Å². The highest BCUT2D eigenvalue weighted by atomic mass is 19.4. The zero-order valence-electron chi connectivity index (χ0n) is 13.0. The number of halogens is 3. The van der Waals surface area contributed by atoms with Gasteiger partial charge in [-0.25, -0.2) is 0 Å². The average Bonchev–Trinajstić information content (AvgIpc) is 2.36. The molecule has 1 saturated heterocycles. The SMILES string of the molecule is CCCC(C)(CNCC)CN1CCC(C(F)(F)F)CC1. The number of alkyl halides is 3. The lowest BCUT2D eigenvalue weighted by atomic mass is 9.83. The number of nitrogens with one attached hydrogen (secondary N) is 1. The standard InChI is InChI=1S/C15H29F3N2/c1-4-8-14(3,11-19-5-2)12-20-9-6-13(7-10-20)15(16,17)18/h13,19H,4-12H2,1-3H3. The van der Waals surface area contributed by atoms with E-state index in [4.69, 9.17) is 0 Å². The molecule has 1 aliphatic heterocycles. The van der Waals surface area contributed by atoms with Gasteiger partial charge in [0.2, 0.25) is 0 Å². The molecule has 1 heterocycles. The molecule has 0 aromatic carbocycles. The number of hydrogen-bond donors (Lipinski definition) is 1. The van der Waals surface area contributed by atoms with Crippen molar-refractivity contribution in [2.45, 2.75) is 52.6 Å². The third kappa shape index (κ3) is 5.60. The first-order valence-electron chi connectivity index (χ1n) is 7.80. The van der Waals surface area contributed by atoms with E-state index >= 15 is 0 Å². The smallest absolute Gasteiger partial charge is 0.316 e. The van der Waals surface area contributed by atoms with Gasteiger partial charge in [0.15, 0.2) is 0 Å². The van der Waals surface area contributed by atoms with Crippen LogP contribution in [0, 0.1) is 11.3 Å². The summed E-state index contributed by atoms with van der Waals surface area (Å²) in [6, 6.07) is 0. The van der Waals surface area contributed by atoms with Crippen molar-refractivity contribution in [2.24, 2.45) is 11.3 Å². The molecule has 0 spiro atoms. The quantitative estimate of drug-likeness (QED) is 0.770. The number of likely N-dealkylation sites (tertiary alicyclic amines) is 1. The minimum Gasteiger partial charge on any atom is -0.316 e. The van der Waals surface area contributed by atoms with Gasteiger partial charge in [-0.2, -0.15) is 13.2 Å². The van der Waals surface area contributed by atoms with Gasteiger partial charge in [-0.15, -0.1) is 0 Å². The van der Waals surface area contributed by atoms with Gasteiger partial charge >= 0.3 is 6.18 Å². The zero-order valence-corrected chi connectivity index (χ0v) is 13.0. The predicted octanol–water partition coefficient (Wildman–Crippen LogP) is 3.68. The Kier molecular flexibility index (Phi) is 6.79. The summed E-state index contributed by atoms with van der Waals surface area (Å²) in [5, 5.41) is 3.39. The maximum atomic E-state index is 12.7. The Balaban J connectivity index is 2.47. The van der Waals surface area contributed by atoms with Gasteiger partial charge in [-0.05, 0) is 44.3 Å². The minimum atomic E-state index is -4.01. The maximum absolute atomic E-state index is 12.7. The lowest BCUT2D eigenvalue weighted by Gasteiger charge is -2.39. The van der Waals surface area contributed by atoms with Crippen molar-refractivity contribution in [1.29, 1.82) is 0 Å². The number of piperidine rings is 1. The van der Waals surface area contributed by atoms with E-state index in [1.807, 2.05) is 0 Å². The van der Waals surface area contributed by atoms with Crippen LogP contribution in [0.25, 0.3) is 0 Å². The molecule has 0 saturated carbocycles. The van der Waals surface area contributed by atoms with Crippen LogP contribution in [-0.2, 0) is 0 Å². The molecule has 0 aromatic heterocycles. The van der Waals surface area contributed by atoms with Crippen molar-refractivity contribution >= 4 is 0 Å². The second kappa shape index (κ2) is 7.64. The fourth-order valence-corrected chi connectivity index (χ4v) is 3.21. The van der Waals surface area contributed by atoms with Crippen LogP contribution in [-0.4, -0.2) is 43.8 Å². The van der Waals surface area contributed by atoms with Gasteiger partial charge in [0.1, 0.15) is 0 Å². The van der Waals surface area contributed by atoms with Crippen LogP contribution in [0.1, 0.15) is 46.5 Å². The summed E-state index contributed by atoms with van der Waals surface area (Å²) in [5.41, 5.74) is 0.163. The predicted molar refractivity (Wildman–Crippen MR) is 76.8 cm³/mol.